The van der Waals surface area contributed by atoms with Crippen LogP contribution in [-0.2, 0) is 9.59 Å². The van der Waals surface area contributed by atoms with Gasteiger partial charge in [0, 0.05) is 31.3 Å². The zero-order valence-corrected chi connectivity index (χ0v) is 12.8. The number of hydrogen-bond acceptors (Lipinski definition) is 3. The Morgan fingerprint density at radius 2 is 1.52 bits per heavy atom. The number of nitrogens with one attached hydrogen (secondary N) is 2. The summed E-state index contributed by atoms with van der Waals surface area (Å²) >= 11 is 0. The van der Waals surface area contributed by atoms with Crippen molar-refractivity contribution in [3.8, 4) is 0 Å². The number of carbonyl (C=O) groups is 2. The van der Waals surface area contributed by atoms with E-state index in [1.807, 2.05) is 0 Å². The van der Waals surface area contributed by atoms with Gasteiger partial charge in [0.25, 0.3) is 0 Å². The molecule has 0 aromatic heterocycles. The fraction of sp³-hybridized carbons (Fsp3) is 0.875. The third-order valence-corrected chi connectivity index (χ3v) is 4.73. The lowest BCUT2D eigenvalue weighted by molar-refractivity contribution is -0.127. The number of hydrogen-bond donors (Lipinski definition) is 3. The van der Waals surface area contributed by atoms with Crippen LogP contribution in [0.1, 0.15) is 64.2 Å². The molecule has 2 aliphatic rings. The highest BCUT2D eigenvalue weighted by atomic mass is 16.3. The average Bonchev–Trinajstić information content (AvgIpc) is 2.97. The van der Waals surface area contributed by atoms with Crippen LogP contribution in [0.2, 0.25) is 0 Å². The molecule has 5 nitrogen and oxygen atoms in total. The van der Waals surface area contributed by atoms with Gasteiger partial charge in [0.1, 0.15) is 0 Å². The predicted octanol–water partition coefficient (Wildman–Crippen LogP) is 1.49. The van der Waals surface area contributed by atoms with E-state index in [4.69, 9.17) is 0 Å². The van der Waals surface area contributed by atoms with Gasteiger partial charge in [-0.2, -0.15) is 0 Å². The van der Waals surface area contributed by atoms with Gasteiger partial charge in [-0.1, -0.05) is 25.7 Å². The number of carbonyl (C=O) groups excluding carboxylic acids is 2. The molecule has 3 N–H and O–H groups in total. The summed E-state index contributed by atoms with van der Waals surface area (Å²) in [6.07, 6.45) is 8.74. The summed E-state index contributed by atoms with van der Waals surface area (Å²) in [5.41, 5.74) is 0. The first kappa shape index (κ1) is 16.3. The third kappa shape index (κ3) is 5.65. The molecule has 2 aliphatic carbocycles. The Kier molecular flexibility index (Phi) is 6.49. The smallest absolute Gasteiger partial charge is 0.220 e. The first-order chi connectivity index (χ1) is 10.1. The van der Waals surface area contributed by atoms with Crippen LogP contribution in [0.15, 0.2) is 0 Å². The minimum atomic E-state index is -0.287. The van der Waals surface area contributed by atoms with Crippen LogP contribution in [0.4, 0.5) is 0 Å². The Morgan fingerprint density at radius 3 is 2.24 bits per heavy atom. The van der Waals surface area contributed by atoms with Crippen molar-refractivity contribution in [2.75, 3.05) is 6.54 Å². The quantitative estimate of drug-likeness (QED) is 0.695. The normalized spacial score (nSPS) is 26.5. The zero-order valence-electron chi connectivity index (χ0n) is 12.8. The molecule has 0 aromatic carbocycles. The molecule has 2 saturated carbocycles. The molecule has 0 saturated heterocycles. The maximum absolute atomic E-state index is 11.8. The summed E-state index contributed by atoms with van der Waals surface area (Å²) < 4.78 is 0. The maximum Gasteiger partial charge on any atom is 0.220 e. The number of rotatable bonds is 6. The molecule has 2 fully saturated rings. The van der Waals surface area contributed by atoms with Crippen LogP contribution in [0.5, 0.6) is 0 Å². The second kappa shape index (κ2) is 8.37. The maximum atomic E-state index is 11.8. The van der Waals surface area contributed by atoms with Gasteiger partial charge in [0.15, 0.2) is 0 Å². The van der Waals surface area contributed by atoms with E-state index in [0.29, 0.717) is 12.6 Å². The summed E-state index contributed by atoms with van der Waals surface area (Å²) in [7, 11) is 0. The first-order valence-corrected chi connectivity index (χ1v) is 8.39. The Hall–Kier alpha value is -1.10. The van der Waals surface area contributed by atoms with E-state index >= 15 is 0 Å². The lowest BCUT2D eigenvalue weighted by atomic mass is 9.86. The second-order valence-corrected chi connectivity index (χ2v) is 6.46. The molecule has 0 bridgehead atoms. The lowest BCUT2D eigenvalue weighted by Crippen LogP contribution is -2.37. The standard InChI is InChI=1S/C16H28N2O3/c19-14-8-4-1-5-12(14)11-17-15(20)9-10-16(21)18-13-6-2-3-7-13/h12-14,19H,1-11H2,(H,17,20)(H,18,21)/t12-,14-/m1/s1. The molecule has 0 aliphatic heterocycles. The Balaban J connectivity index is 1.57. The highest BCUT2D eigenvalue weighted by Gasteiger charge is 2.23. The third-order valence-electron chi connectivity index (χ3n) is 4.73. The van der Waals surface area contributed by atoms with E-state index in [0.717, 1.165) is 38.5 Å². The van der Waals surface area contributed by atoms with Gasteiger partial charge in [-0.15, -0.1) is 0 Å². The van der Waals surface area contributed by atoms with E-state index < -0.39 is 0 Å². The van der Waals surface area contributed by atoms with E-state index in [9.17, 15) is 14.7 Å². The van der Waals surface area contributed by atoms with Crippen molar-refractivity contribution in [1.29, 1.82) is 0 Å². The van der Waals surface area contributed by atoms with Gasteiger partial charge < -0.3 is 15.7 Å². The molecule has 2 amide bonds. The molecule has 21 heavy (non-hydrogen) atoms. The number of aliphatic hydroxyl groups is 1. The molecular weight excluding hydrogens is 268 g/mol. The van der Waals surface area contributed by atoms with Crippen molar-refractivity contribution in [2.45, 2.75) is 76.4 Å². The van der Waals surface area contributed by atoms with Gasteiger partial charge in [-0.05, 0) is 25.7 Å². The molecule has 120 valence electrons. The molecule has 0 aromatic rings. The zero-order chi connectivity index (χ0) is 15.1. The van der Waals surface area contributed by atoms with Crippen LogP contribution in [0.3, 0.4) is 0 Å². The molecule has 0 heterocycles. The Labute approximate surface area is 126 Å². The van der Waals surface area contributed by atoms with Crippen molar-refractivity contribution in [3.63, 3.8) is 0 Å². The summed E-state index contributed by atoms with van der Waals surface area (Å²) in [4.78, 5) is 23.5. The van der Waals surface area contributed by atoms with Crippen molar-refractivity contribution < 1.29 is 14.7 Å². The van der Waals surface area contributed by atoms with E-state index in [2.05, 4.69) is 10.6 Å². The van der Waals surface area contributed by atoms with Crippen LogP contribution in [0, 0.1) is 5.92 Å². The lowest BCUT2D eigenvalue weighted by Gasteiger charge is -2.27. The number of aliphatic hydroxyl groups excluding tert-OH is 1. The fourth-order valence-electron chi connectivity index (χ4n) is 3.36. The minimum absolute atomic E-state index is 0.0187. The molecular formula is C16H28N2O3. The fourth-order valence-corrected chi connectivity index (χ4v) is 3.36. The molecule has 0 unspecified atom stereocenters. The summed E-state index contributed by atoms with van der Waals surface area (Å²) in [5.74, 6) is 0.0686. The molecule has 0 radical (unpaired) electrons. The molecule has 0 spiro atoms. The minimum Gasteiger partial charge on any atom is -0.393 e. The highest BCUT2D eigenvalue weighted by molar-refractivity contribution is 5.83. The number of amides is 2. The van der Waals surface area contributed by atoms with Gasteiger partial charge in [-0.25, -0.2) is 0 Å². The summed E-state index contributed by atoms with van der Waals surface area (Å²) in [6.45, 7) is 0.532. The van der Waals surface area contributed by atoms with Gasteiger partial charge >= 0.3 is 0 Å². The average molecular weight is 296 g/mol. The molecule has 2 atom stereocenters. The topological polar surface area (TPSA) is 78.4 Å². The van der Waals surface area contributed by atoms with E-state index in [1.165, 1.54) is 12.8 Å². The second-order valence-electron chi connectivity index (χ2n) is 6.46. The van der Waals surface area contributed by atoms with E-state index in [-0.39, 0.29) is 36.7 Å². The van der Waals surface area contributed by atoms with Crippen molar-refractivity contribution in [3.05, 3.63) is 0 Å². The predicted molar refractivity (Wildman–Crippen MR) is 80.6 cm³/mol. The van der Waals surface area contributed by atoms with Crippen molar-refractivity contribution >= 4 is 11.8 Å². The SMILES string of the molecule is O=C(CCC(=O)NC1CCCC1)NC[C@H]1CCCC[C@H]1O. The van der Waals surface area contributed by atoms with Crippen LogP contribution in [0.25, 0.3) is 0 Å². The monoisotopic (exact) mass is 296 g/mol. The largest absolute Gasteiger partial charge is 0.393 e. The molecule has 5 heteroatoms. The van der Waals surface area contributed by atoms with Gasteiger partial charge in [0.05, 0.1) is 6.10 Å². The summed E-state index contributed by atoms with van der Waals surface area (Å²) in [6, 6.07) is 0.318. The van der Waals surface area contributed by atoms with Gasteiger partial charge in [-0.3, -0.25) is 9.59 Å². The first-order valence-electron chi connectivity index (χ1n) is 8.39. The summed E-state index contributed by atoms with van der Waals surface area (Å²) in [5, 5.41) is 15.7. The Bertz CT molecular complexity index is 353. The Morgan fingerprint density at radius 1 is 0.905 bits per heavy atom. The highest BCUT2D eigenvalue weighted by Crippen LogP contribution is 2.23. The van der Waals surface area contributed by atoms with E-state index in [1.54, 1.807) is 0 Å². The van der Waals surface area contributed by atoms with Crippen LogP contribution >= 0.6 is 0 Å². The van der Waals surface area contributed by atoms with Crippen molar-refractivity contribution in [1.82, 2.24) is 10.6 Å². The molecule has 2 rings (SSSR count). The van der Waals surface area contributed by atoms with Gasteiger partial charge in [0.2, 0.25) is 11.8 Å². The van der Waals surface area contributed by atoms with Crippen LogP contribution < -0.4 is 10.6 Å². The van der Waals surface area contributed by atoms with Crippen LogP contribution in [-0.4, -0.2) is 35.6 Å². The van der Waals surface area contributed by atoms with Crippen molar-refractivity contribution in [2.24, 2.45) is 5.92 Å².